The molecule has 148 valence electrons. The number of hydrogen-bond donors (Lipinski definition) is 3. The van der Waals surface area contributed by atoms with E-state index in [1.54, 1.807) is 12.2 Å². The third kappa shape index (κ3) is 13.1. The number of esters is 1. The third-order valence-electron chi connectivity index (χ3n) is 3.27. The predicted octanol–water partition coefficient (Wildman–Crippen LogP) is 0.320. The Kier molecular flexibility index (Phi) is 14.9. The van der Waals surface area contributed by atoms with Crippen molar-refractivity contribution in [2.24, 2.45) is 5.92 Å². The largest absolute Gasteiger partial charge is 0.464 e. The van der Waals surface area contributed by atoms with Gasteiger partial charge < -0.3 is 25.2 Å². The van der Waals surface area contributed by atoms with Crippen molar-refractivity contribution in [2.45, 2.75) is 25.7 Å². The fourth-order valence-corrected chi connectivity index (χ4v) is 1.98. The predicted molar refractivity (Wildman–Crippen MR) is 97.2 cm³/mol. The molecule has 0 unspecified atom stereocenters. The van der Waals surface area contributed by atoms with Crippen LogP contribution in [0.3, 0.4) is 0 Å². The van der Waals surface area contributed by atoms with Crippen LogP contribution in [-0.2, 0) is 23.9 Å². The van der Waals surface area contributed by atoms with Crippen molar-refractivity contribution in [3.8, 4) is 0 Å². The van der Waals surface area contributed by atoms with Crippen LogP contribution in [0.15, 0.2) is 25.3 Å². The molecule has 0 aliphatic carbocycles. The van der Waals surface area contributed by atoms with Gasteiger partial charge in [-0.2, -0.15) is 0 Å². The molecule has 0 aromatic carbocycles. The molecule has 0 heterocycles. The van der Waals surface area contributed by atoms with Crippen LogP contribution in [0.1, 0.15) is 25.7 Å². The maximum atomic E-state index is 12.2. The lowest BCUT2D eigenvalue weighted by atomic mass is 10.00. The first-order chi connectivity index (χ1) is 12.5. The normalized spacial score (nSPS) is 11.3. The number of hydrogen-bond acceptors (Lipinski definition) is 6. The monoisotopic (exact) mass is 370 g/mol. The van der Waals surface area contributed by atoms with Crippen molar-refractivity contribution < 1.29 is 29.0 Å². The van der Waals surface area contributed by atoms with Gasteiger partial charge in [-0.15, -0.1) is 13.2 Å². The topological polar surface area (TPSA) is 114 Å². The fraction of sp³-hybridized carbons (Fsp3) is 0.611. The maximum absolute atomic E-state index is 12.2. The minimum absolute atomic E-state index is 0.0248. The first-order valence-electron chi connectivity index (χ1n) is 8.65. The molecule has 2 amide bonds. The van der Waals surface area contributed by atoms with Crippen molar-refractivity contribution in [3.05, 3.63) is 25.3 Å². The van der Waals surface area contributed by atoms with E-state index in [-0.39, 0.29) is 57.0 Å². The van der Waals surface area contributed by atoms with E-state index < -0.39 is 5.92 Å². The Bertz CT molecular complexity index is 453. The lowest BCUT2D eigenvalue weighted by molar-refractivity contribution is -0.144. The number of allylic oxidation sites excluding steroid dienone is 2. The SMILES string of the molecule is C=CCCC(=O)OCCNC(=O)[C@@H](CC=C)CC(=O)NCCOCCO. The van der Waals surface area contributed by atoms with E-state index in [1.165, 1.54) is 0 Å². The van der Waals surface area contributed by atoms with Crippen LogP contribution in [0, 0.1) is 5.92 Å². The Labute approximate surface area is 154 Å². The Morgan fingerprint density at radius 3 is 2.42 bits per heavy atom. The first kappa shape index (κ1) is 23.8. The number of carbonyl (C=O) groups excluding carboxylic acids is 3. The van der Waals surface area contributed by atoms with Gasteiger partial charge in [-0.3, -0.25) is 14.4 Å². The fourth-order valence-electron chi connectivity index (χ4n) is 1.98. The Hall–Kier alpha value is -2.19. The minimum Gasteiger partial charge on any atom is -0.464 e. The highest BCUT2D eigenvalue weighted by atomic mass is 16.5. The summed E-state index contributed by atoms with van der Waals surface area (Å²) in [6.07, 6.45) is 4.41. The summed E-state index contributed by atoms with van der Waals surface area (Å²) < 4.78 is 10.0. The van der Waals surface area contributed by atoms with Gasteiger partial charge in [0.15, 0.2) is 0 Å². The number of rotatable bonds is 16. The van der Waals surface area contributed by atoms with E-state index in [4.69, 9.17) is 14.6 Å². The highest BCUT2D eigenvalue weighted by molar-refractivity contribution is 5.85. The molecule has 0 spiro atoms. The van der Waals surface area contributed by atoms with E-state index in [1.807, 2.05) is 0 Å². The molecule has 0 aliphatic rings. The maximum Gasteiger partial charge on any atom is 0.306 e. The number of ether oxygens (including phenoxy) is 2. The van der Waals surface area contributed by atoms with Gasteiger partial charge in [0.1, 0.15) is 6.61 Å². The van der Waals surface area contributed by atoms with Gasteiger partial charge in [0.05, 0.1) is 32.3 Å². The average molecular weight is 370 g/mol. The summed E-state index contributed by atoms with van der Waals surface area (Å²) in [5.41, 5.74) is 0. The van der Waals surface area contributed by atoms with Gasteiger partial charge in [0, 0.05) is 19.4 Å². The molecule has 8 nitrogen and oxygen atoms in total. The summed E-state index contributed by atoms with van der Waals surface area (Å²) in [5, 5.41) is 13.9. The molecule has 0 fully saturated rings. The van der Waals surface area contributed by atoms with Crippen LogP contribution < -0.4 is 10.6 Å². The van der Waals surface area contributed by atoms with Gasteiger partial charge in [0.2, 0.25) is 11.8 Å². The van der Waals surface area contributed by atoms with Crippen LogP contribution in [0.25, 0.3) is 0 Å². The standard InChI is InChI=1S/C18H30N2O6/c1-3-5-7-17(23)26-12-9-20-18(24)15(6-4-2)14-16(22)19-8-11-25-13-10-21/h3-4,15,21H,1-2,5-14H2,(H,19,22)(H,20,24)/t15-/m0/s1. The molecule has 0 saturated carbocycles. The zero-order chi connectivity index (χ0) is 19.6. The van der Waals surface area contributed by atoms with Crippen LogP contribution >= 0.6 is 0 Å². The Morgan fingerprint density at radius 2 is 1.77 bits per heavy atom. The Morgan fingerprint density at radius 1 is 1.04 bits per heavy atom. The average Bonchev–Trinajstić information content (AvgIpc) is 2.62. The number of aliphatic hydroxyl groups excluding tert-OH is 1. The number of aliphatic hydroxyl groups is 1. The summed E-state index contributed by atoms with van der Waals surface area (Å²) in [7, 11) is 0. The number of nitrogens with one attached hydrogen (secondary N) is 2. The van der Waals surface area contributed by atoms with Gasteiger partial charge in [0.25, 0.3) is 0 Å². The lowest BCUT2D eigenvalue weighted by Crippen LogP contribution is -2.37. The van der Waals surface area contributed by atoms with E-state index in [2.05, 4.69) is 23.8 Å². The van der Waals surface area contributed by atoms with Crippen LogP contribution in [-0.4, -0.2) is 62.4 Å². The van der Waals surface area contributed by atoms with E-state index in [0.29, 0.717) is 26.0 Å². The number of carbonyl (C=O) groups is 3. The van der Waals surface area contributed by atoms with Gasteiger partial charge in [-0.25, -0.2) is 0 Å². The van der Waals surface area contributed by atoms with Crippen molar-refractivity contribution >= 4 is 17.8 Å². The molecule has 0 bridgehead atoms. The summed E-state index contributed by atoms with van der Waals surface area (Å²) in [4.78, 5) is 35.4. The summed E-state index contributed by atoms with van der Waals surface area (Å²) in [5.74, 6) is -1.44. The molecule has 0 radical (unpaired) electrons. The second-order valence-electron chi connectivity index (χ2n) is 5.45. The lowest BCUT2D eigenvalue weighted by Gasteiger charge is -2.15. The second kappa shape index (κ2) is 16.3. The highest BCUT2D eigenvalue weighted by Crippen LogP contribution is 2.09. The van der Waals surface area contributed by atoms with Crippen molar-refractivity contribution in [1.82, 2.24) is 10.6 Å². The second-order valence-corrected chi connectivity index (χ2v) is 5.45. The number of amides is 2. The summed E-state index contributed by atoms with van der Waals surface area (Å²) in [6.45, 7) is 8.14. The summed E-state index contributed by atoms with van der Waals surface area (Å²) >= 11 is 0. The molecule has 0 rings (SSSR count). The zero-order valence-corrected chi connectivity index (χ0v) is 15.2. The zero-order valence-electron chi connectivity index (χ0n) is 15.2. The molecule has 8 heteroatoms. The molecule has 0 aliphatic heterocycles. The van der Waals surface area contributed by atoms with Crippen molar-refractivity contribution in [3.63, 3.8) is 0 Å². The van der Waals surface area contributed by atoms with E-state index >= 15 is 0 Å². The molecule has 0 aromatic heterocycles. The van der Waals surface area contributed by atoms with Crippen molar-refractivity contribution in [1.29, 1.82) is 0 Å². The minimum atomic E-state index is -0.540. The molecule has 3 N–H and O–H groups in total. The van der Waals surface area contributed by atoms with Crippen molar-refractivity contribution in [2.75, 3.05) is 39.5 Å². The van der Waals surface area contributed by atoms with E-state index in [0.717, 1.165) is 0 Å². The first-order valence-corrected chi connectivity index (χ1v) is 8.65. The van der Waals surface area contributed by atoms with Gasteiger partial charge >= 0.3 is 5.97 Å². The molecular formula is C18H30N2O6. The van der Waals surface area contributed by atoms with Gasteiger partial charge in [-0.05, 0) is 12.8 Å². The summed E-state index contributed by atoms with van der Waals surface area (Å²) in [6, 6.07) is 0. The smallest absolute Gasteiger partial charge is 0.306 e. The third-order valence-corrected chi connectivity index (χ3v) is 3.27. The molecule has 0 saturated heterocycles. The van der Waals surface area contributed by atoms with Crippen LogP contribution in [0.4, 0.5) is 0 Å². The Balaban J connectivity index is 4.07. The molecular weight excluding hydrogens is 340 g/mol. The van der Waals surface area contributed by atoms with Crippen LogP contribution in [0.2, 0.25) is 0 Å². The molecule has 1 atom stereocenters. The molecule has 0 aromatic rings. The highest BCUT2D eigenvalue weighted by Gasteiger charge is 2.20. The van der Waals surface area contributed by atoms with E-state index in [9.17, 15) is 14.4 Å². The van der Waals surface area contributed by atoms with Gasteiger partial charge in [-0.1, -0.05) is 12.2 Å². The molecule has 26 heavy (non-hydrogen) atoms. The quantitative estimate of drug-likeness (QED) is 0.205. The van der Waals surface area contributed by atoms with Crippen LogP contribution in [0.5, 0.6) is 0 Å².